The fourth-order valence-electron chi connectivity index (χ4n) is 4.64. The SMILES string of the molecule is CC(C)C(=O)Nc1cncc(-c2cnc3n[nH]c(-c4nc5nccc(-c6cc(F)cc(C(N)S(C)(=O)=O)c6)c5[nH]4)c3c2)c1. The second kappa shape index (κ2) is 10.6. The molecule has 43 heavy (non-hydrogen) atoms. The average Bonchev–Trinajstić information content (AvgIpc) is 3.59. The van der Waals surface area contributed by atoms with E-state index in [0.29, 0.717) is 50.5 Å². The summed E-state index contributed by atoms with van der Waals surface area (Å²) in [6.07, 6.45) is 7.45. The first kappa shape index (κ1) is 28.1. The van der Waals surface area contributed by atoms with Crippen LogP contribution in [0.25, 0.3) is 56.0 Å². The summed E-state index contributed by atoms with van der Waals surface area (Å²) >= 11 is 0. The molecule has 1 unspecified atom stereocenters. The van der Waals surface area contributed by atoms with Gasteiger partial charge in [-0.05, 0) is 47.5 Å². The molecule has 0 saturated carbocycles. The topological polar surface area (TPSA) is 185 Å². The van der Waals surface area contributed by atoms with Crippen molar-refractivity contribution in [2.75, 3.05) is 11.6 Å². The van der Waals surface area contributed by atoms with Crippen LogP contribution in [0.4, 0.5) is 10.1 Å². The number of pyridine rings is 3. The first-order valence-corrected chi connectivity index (χ1v) is 15.1. The number of hydrogen-bond acceptors (Lipinski definition) is 9. The first-order valence-electron chi connectivity index (χ1n) is 13.2. The number of benzene rings is 1. The standard InChI is InChI=1S/C29H26FN9O3S/c1-14(2)29(40)35-20-9-17(11-32-13-20)18-10-22-24(38-39-26(22)34-12-18)28-36-23-21(4-5-33-27(23)37-28)15-6-16(8-19(30)7-15)25(31)43(3,41)42/h4-14,25H,31H2,1-3H3,(H,35,40)(H,33,36,37)(H,34,38,39). The molecule has 5 N–H and O–H groups in total. The van der Waals surface area contributed by atoms with E-state index in [0.717, 1.165) is 23.4 Å². The maximum absolute atomic E-state index is 14.6. The molecule has 1 amide bonds. The summed E-state index contributed by atoms with van der Waals surface area (Å²) in [4.78, 5) is 33.2. The van der Waals surface area contributed by atoms with E-state index in [1.165, 1.54) is 18.3 Å². The monoisotopic (exact) mass is 599 g/mol. The van der Waals surface area contributed by atoms with E-state index < -0.39 is 21.0 Å². The van der Waals surface area contributed by atoms with Crippen LogP contribution < -0.4 is 11.1 Å². The van der Waals surface area contributed by atoms with Crippen LogP contribution in [0.1, 0.15) is 24.8 Å². The zero-order valence-corrected chi connectivity index (χ0v) is 24.1. The number of anilines is 1. The predicted octanol–water partition coefficient (Wildman–Crippen LogP) is 4.36. The van der Waals surface area contributed by atoms with Crippen LogP contribution in [-0.4, -0.2) is 55.7 Å². The van der Waals surface area contributed by atoms with E-state index in [1.54, 1.807) is 24.7 Å². The van der Waals surface area contributed by atoms with E-state index in [4.69, 9.17) is 5.73 Å². The number of sulfone groups is 1. The Morgan fingerprint density at radius 1 is 1.00 bits per heavy atom. The number of hydrogen-bond donors (Lipinski definition) is 4. The van der Waals surface area contributed by atoms with Gasteiger partial charge in [0.15, 0.2) is 27.0 Å². The fourth-order valence-corrected chi connectivity index (χ4v) is 5.27. The Morgan fingerprint density at radius 3 is 2.56 bits per heavy atom. The minimum atomic E-state index is -3.66. The fraction of sp³-hybridized carbons (Fsp3) is 0.172. The van der Waals surface area contributed by atoms with Gasteiger partial charge < -0.3 is 16.0 Å². The summed E-state index contributed by atoms with van der Waals surface area (Å²) < 4.78 is 38.7. The molecule has 0 radical (unpaired) electrons. The van der Waals surface area contributed by atoms with Gasteiger partial charge in [-0.1, -0.05) is 13.8 Å². The van der Waals surface area contributed by atoms with Crippen LogP contribution in [0.3, 0.4) is 0 Å². The molecular weight excluding hydrogens is 573 g/mol. The van der Waals surface area contributed by atoms with Crippen LogP contribution >= 0.6 is 0 Å². The Bertz CT molecular complexity index is 2140. The number of carbonyl (C=O) groups is 1. The van der Waals surface area contributed by atoms with Gasteiger partial charge in [0.2, 0.25) is 5.91 Å². The number of imidazole rings is 1. The summed E-state index contributed by atoms with van der Waals surface area (Å²) in [5.41, 5.74) is 10.9. The molecule has 0 bridgehead atoms. The molecule has 12 nitrogen and oxygen atoms in total. The molecule has 5 aromatic heterocycles. The molecule has 1 aromatic carbocycles. The number of aromatic amines is 2. The lowest BCUT2D eigenvalue weighted by Crippen LogP contribution is -2.20. The van der Waals surface area contributed by atoms with Crippen molar-refractivity contribution in [3.63, 3.8) is 0 Å². The van der Waals surface area contributed by atoms with E-state index in [-0.39, 0.29) is 17.4 Å². The number of carbonyl (C=O) groups excluding carboxylic acids is 1. The van der Waals surface area contributed by atoms with Crippen LogP contribution in [0.2, 0.25) is 0 Å². The van der Waals surface area contributed by atoms with E-state index >= 15 is 0 Å². The number of rotatable bonds is 7. The van der Waals surface area contributed by atoms with Crippen molar-refractivity contribution in [1.82, 2.24) is 35.1 Å². The number of halogens is 1. The highest BCUT2D eigenvalue weighted by atomic mass is 32.2. The number of amides is 1. The third kappa shape index (κ3) is 5.45. The molecule has 0 aliphatic rings. The van der Waals surface area contributed by atoms with Crippen molar-refractivity contribution < 1.29 is 17.6 Å². The van der Waals surface area contributed by atoms with Gasteiger partial charge >= 0.3 is 0 Å². The van der Waals surface area contributed by atoms with Gasteiger partial charge in [-0.25, -0.2) is 27.8 Å². The average molecular weight is 600 g/mol. The molecule has 0 aliphatic heterocycles. The minimum Gasteiger partial charge on any atom is -0.335 e. The Morgan fingerprint density at radius 2 is 1.79 bits per heavy atom. The normalized spacial score (nSPS) is 12.7. The number of nitrogens with one attached hydrogen (secondary N) is 3. The summed E-state index contributed by atoms with van der Waals surface area (Å²) in [5.74, 6) is -0.508. The highest BCUT2D eigenvalue weighted by molar-refractivity contribution is 7.90. The third-order valence-electron chi connectivity index (χ3n) is 6.92. The van der Waals surface area contributed by atoms with Crippen molar-refractivity contribution in [2.45, 2.75) is 19.2 Å². The zero-order chi connectivity index (χ0) is 30.5. The van der Waals surface area contributed by atoms with E-state index in [1.807, 2.05) is 26.0 Å². The van der Waals surface area contributed by atoms with Gasteiger partial charge in [0.1, 0.15) is 16.9 Å². The Kier molecular flexibility index (Phi) is 6.94. The molecule has 6 aromatic rings. The molecule has 0 saturated heterocycles. The number of nitrogens with zero attached hydrogens (tertiary/aromatic N) is 5. The van der Waals surface area contributed by atoms with Crippen molar-refractivity contribution in [1.29, 1.82) is 0 Å². The molecule has 1 atom stereocenters. The molecule has 0 spiro atoms. The van der Waals surface area contributed by atoms with Gasteiger partial charge in [0.05, 0.1) is 22.8 Å². The highest BCUT2D eigenvalue weighted by Gasteiger charge is 2.21. The lowest BCUT2D eigenvalue weighted by molar-refractivity contribution is -0.118. The van der Waals surface area contributed by atoms with Crippen molar-refractivity contribution in [3.8, 4) is 33.8 Å². The molecule has 6 rings (SSSR count). The van der Waals surface area contributed by atoms with Crippen molar-refractivity contribution in [3.05, 3.63) is 72.6 Å². The zero-order valence-electron chi connectivity index (χ0n) is 23.3. The number of fused-ring (bicyclic) bond motifs is 2. The predicted molar refractivity (Wildman–Crippen MR) is 161 cm³/mol. The molecule has 14 heteroatoms. The maximum Gasteiger partial charge on any atom is 0.226 e. The summed E-state index contributed by atoms with van der Waals surface area (Å²) in [7, 11) is -3.66. The summed E-state index contributed by atoms with van der Waals surface area (Å²) in [5, 5.41) is 9.43. The number of aromatic nitrogens is 7. The number of nitrogens with two attached hydrogens (primary N) is 1. The smallest absolute Gasteiger partial charge is 0.226 e. The van der Waals surface area contributed by atoms with Gasteiger partial charge in [0, 0.05) is 47.5 Å². The summed E-state index contributed by atoms with van der Waals surface area (Å²) in [6, 6.07) is 9.32. The molecule has 218 valence electrons. The molecule has 0 aliphatic carbocycles. The third-order valence-corrected chi connectivity index (χ3v) is 8.12. The first-order chi connectivity index (χ1) is 20.5. The van der Waals surface area contributed by atoms with Crippen LogP contribution in [0.15, 0.2) is 61.2 Å². The van der Waals surface area contributed by atoms with Gasteiger partial charge in [-0.3, -0.25) is 14.9 Å². The van der Waals surface area contributed by atoms with E-state index in [9.17, 15) is 17.6 Å². The van der Waals surface area contributed by atoms with Crippen LogP contribution in [0, 0.1) is 11.7 Å². The minimum absolute atomic E-state index is 0.116. The second-order valence-electron chi connectivity index (χ2n) is 10.5. The quantitative estimate of drug-likeness (QED) is 0.207. The number of H-pyrrole nitrogens is 2. The van der Waals surface area contributed by atoms with Crippen LogP contribution in [-0.2, 0) is 14.6 Å². The maximum atomic E-state index is 14.6. The molecular formula is C29H26FN9O3S. The lowest BCUT2D eigenvalue weighted by Gasteiger charge is -2.12. The van der Waals surface area contributed by atoms with Gasteiger partial charge in [0.25, 0.3) is 0 Å². The van der Waals surface area contributed by atoms with Gasteiger partial charge in [-0.2, -0.15) is 5.10 Å². The summed E-state index contributed by atoms with van der Waals surface area (Å²) in [6.45, 7) is 3.62. The van der Waals surface area contributed by atoms with Crippen LogP contribution in [0.5, 0.6) is 0 Å². The lowest BCUT2D eigenvalue weighted by atomic mass is 10.0. The Labute approximate surface area is 244 Å². The largest absolute Gasteiger partial charge is 0.335 e. The van der Waals surface area contributed by atoms with Crippen molar-refractivity contribution >= 4 is 43.6 Å². The van der Waals surface area contributed by atoms with Crippen molar-refractivity contribution in [2.24, 2.45) is 11.7 Å². The Hall–Kier alpha value is -5.08. The van der Waals surface area contributed by atoms with E-state index in [2.05, 4.69) is 40.4 Å². The Balaban J connectivity index is 1.41. The second-order valence-corrected chi connectivity index (χ2v) is 12.6. The molecule has 0 fully saturated rings. The molecule has 5 heterocycles. The van der Waals surface area contributed by atoms with Gasteiger partial charge in [-0.15, -0.1) is 0 Å². The highest BCUT2D eigenvalue weighted by Crippen LogP contribution is 2.33.